The molecule has 0 saturated carbocycles. The zero-order chi connectivity index (χ0) is 12.7. The van der Waals surface area contributed by atoms with Crippen LogP contribution in [0.15, 0.2) is 16.7 Å². The van der Waals surface area contributed by atoms with Gasteiger partial charge in [-0.05, 0) is 28.4 Å². The molecule has 0 aromatic carbocycles. The van der Waals surface area contributed by atoms with Crippen LogP contribution in [0.2, 0.25) is 0 Å². The molecule has 1 heterocycles. The van der Waals surface area contributed by atoms with E-state index in [1.807, 2.05) is 11.0 Å². The first-order valence-corrected chi connectivity index (χ1v) is 6.63. The largest absolute Gasteiger partial charge is 0.395 e. The number of aliphatic hydroxyl groups excluding tert-OH is 2. The summed E-state index contributed by atoms with van der Waals surface area (Å²) in [5.74, 6) is 0.762. The number of halogens is 1. The number of hydrogen-bond acceptors (Lipinski definition) is 4. The molecule has 5 heteroatoms. The molecule has 1 aromatic heterocycles. The van der Waals surface area contributed by atoms with Gasteiger partial charge in [-0.15, -0.1) is 0 Å². The Balaban J connectivity index is 2.91. The Bertz CT molecular complexity index is 347. The minimum Gasteiger partial charge on any atom is -0.395 e. The van der Waals surface area contributed by atoms with E-state index in [1.54, 1.807) is 6.20 Å². The smallest absolute Gasteiger partial charge is 0.134 e. The Morgan fingerprint density at radius 3 is 2.71 bits per heavy atom. The molecule has 0 bridgehead atoms. The molecule has 96 valence electrons. The van der Waals surface area contributed by atoms with Crippen molar-refractivity contribution in [2.45, 2.75) is 26.4 Å². The molecule has 0 aliphatic heterocycles. The van der Waals surface area contributed by atoms with E-state index in [4.69, 9.17) is 5.11 Å². The molecular formula is C12H19BrN2O2. The van der Waals surface area contributed by atoms with Crippen molar-refractivity contribution in [1.29, 1.82) is 0 Å². The third-order valence-electron chi connectivity index (χ3n) is 2.53. The van der Waals surface area contributed by atoms with E-state index in [0.29, 0.717) is 6.54 Å². The lowest BCUT2D eigenvalue weighted by Crippen LogP contribution is -2.29. The summed E-state index contributed by atoms with van der Waals surface area (Å²) in [5.41, 5.74) is 0.781. The van der Waals surface area contributed by atoms with Gasteiger partial charge in [0, 0.05) is 29.3 Å². The number of nitrogens with zero attached hydrogens (tertiary/aromatic N) is 2. The zero-order valence-corrected chi connectivity index (χ0v) is 11.7. The molecule has 0 fully saturated rings. The highest BCUT2D eigenvalue weighted by molar-refractivity contribution is 9.10. The summed E-state index contributed by atoms with van der Waals surface area (Å²) in [6.07, 6.45) is 3.85. The second-order valence-corrected chi connectivity index (χ2v) is 4.77. The molecule has 0 aliphatic carbocycles. The van der Waals surface area contributed by atoms with Crippen molar-refractivity contribution in [1.82, 2.24) is 4.98 Å². The summed E-state index contributed by atoms with van der Waals surface area (Å²) in [6.45, 7) is 3.56. The van der Waals surface area contributed by atoms with E-state index in [2.05, 4.69) is 27.8 Å². The maximum atomic E-state index is 9.34. The second-order valence-electron chi connectivity index (χ2n) is 3.86. The van der Waals surface area contributed by atoms with E-state index >= 15 is 0 Å². The molecule has 0 aliphatic rings. The second kappa shape index (κ2) is 7.63. The molecule has 2 N–H and O–H groups in total. The molecular weight excluding hydrogens is 284 g/mol. The van der Waals surface area contributed by atoms with E-state index in [1.165, 1.54) is 0 Å². The lowest BCUT2D eigenvalue weighted by molar-refractivity contribution is 0.280. The maximum Gasteiger partial charge on any atom is 0.134 e. The Morgan fingerprint density at radius 2 is 2.12 bits per heavy atom. The molecule has 17 heavy (non-hydrogen) atoms. The van der Waals surface area contributed by atoms with Crippen LogP contribution in [-0.4, -0.2) is 34.9 Å². The highest BCUT2D eigenvalue weighted by Crippen LogP contribution is 2.21. The van der Waals surface area contributed by atoms with E-state index in [-0.39, 0.29) is 13.2 Å². The fourth-order valence-corrected chi connectivity index (χ4v) is 2.05. The minimum atomic E-state index is -0.0458. The van der Waals surface area contributed by atoms with Gasteiger partial charge in [-0.2, -0.15) is 0 Å². The van der Waals surface area contributed by atoms with Crippen LogP contribution in [0.25, 0.3) is 0 Å². The summed E-state index contributed by atoms with van der Waals surface area (Å²) in [6, 6.07) is 1.86. The van der Waals surface area contributed by atoms with Crippen LogP contribution >= 0.6 is 15.9 Å². The van der Waals surface area contributed by atoms with Crippen molar-refractivity contribution in [2.24, 2.45) is 0 Å². The summed E-state index contributed by atoms with van der Waals surface area (Å²) >= 11 is 3.34. The first-order valence-electron chi connectivity index (χ1n) is 5.84. The normalized spacial score (nSPS) is 10.6. The van der Waals surface area contributed by atoms with Crippen molar-refractivity contribution >= 4 is 21.7 Å². The third kappa shape index (κ3) is 4.26. The number of aliphatic hydroxyl groups is 2. The first-order chi connectivity index (χ1) is 8.22. The Kier molecular flexibility index (Phi) is 6.47. The molecule has 0 atom stereocenters. The van der Waals surface area contributed by atoms with Gasteiger partial charge in [0.05, 0.1) is 13.2 Å². The monoisotopic (exact) mass is 302 g/mol. The molecule has 0 spiro atoms. The Morgan fingerprint density at radius 1 is 1.35 bits per heavy atom. The molecule has 1 aromatic rings. The average Bonchev–Trinajstić information content (AvgIpc) is 2.34. The van der Waals surface area contributed by atoms with Crippen LogP contribution in [-0.2, 0) is 6.61 Å². The highest BCUT2D eigenvalue weighted by atomic mass is 79.9. The standard InChI is InChI=1S/C12H19BrN2O2/c1-2-3-4-15(5-6-16)12-10(9-17)7-11(13)8-14-12/h7-8,16-17H,2-6,9H2,1H3. The lowest BCUT2D eigenvalue weighted by Gasteiger charge is -2.24. The Labute approximate surface area is 110 Å². The van der Waals surface area contributed by atoms with Crippen LogP contribution in [0.4, 0.5) is 5.82 Å². The maximum absolute atomic E-state index is 9.34. The fourth-order valence-electron chi connectivity index (χ4n) is 1.67. The van der Waals surface area contributed by atoms with E-state index in [0.717, 1.165) is 35.2 Å². The van der Waals surface area contributed by atoms with Crippen molar-refractivity contribution in [3.63, 3.8) is 0 Å². The van der Waals surface area contributed by atoms with Gasteiger partial charge >= 0.3 is 0 Å². The summed E-state index contributed by atoms with van der Waals surface area (Å²) in [7, 11) is 0. The van der Waals surface area contributed by atoms with Crippen LogP contribution in [0, 0.1) is 0 Å². The quantitative estimate of drug-likeness (QED) is 0.808. The number of anilines is 1. The topological polar surface area (TPSA) is 56.6 Å². The van der Waals surface area contributed by atoms with Gasteiger partial charge in [0.25, 0.3) is 0 Å². The number of rotatable bonds is 7. The SMILES string of the molecule is CCCCN(CCO)c1ncc(Br)cc1CO. The van der Waals surface area contributed by atoms with Gasteiger partial charge < -0.3 is 15.1 Å². The minimum absolute atomic E-state index is 0.0458. The molecule has 0 amide bonds. The highest BCUT2D eigenvalue weighted by Gasteiger charge is 2.12. The zero-order valence-electron chi connectivity index (χ0n) is 10.1. The van der Waals surface area contributed by atoms with Crippen LogP contribution in [0.1, 0.15) is 25.3 Å². The molecule has 0 saturated heterocycles. The van der Waals surface area contributed by atoms with Gasteiger partial charge in [-0.1, -0.05) is 13.3 Å². The van der Waals surface area contributed by atoms with Gasteiger partial charge in [0.1, 0.15) is 5.82 Å². The molecule has 1 rings (SSSR count). The molecule has 0 unspecified atom stereocenters. The summed E-state index contributed by atoms with van der Waals surface area (Å²) in [5, 5.41) is 18.4. The van der Waals surface area contributed by atoms with Crippen LogP contribution < -0.4 is 4.90 Å². The van der Waals surface area contributed by atoms with Crippen LogP contribution in [0.5, 0.6) is 0 Å². The first kappa shape index (κ1) is 14.4. The number of hydrogen-bond donors (Lipinski definition) is 2. The van der Waals surface area contributed by atoms with Gasteiger partial charge in [-0.3, -0.25) is 0 Å². The van der Waals surface area contributed by atoms with Crippen molar-refractivity contribution in [2.75, 3.05) is 24.6 Å². The van der Waals surface area contributed by atoms with Gasteiger partial charge in [0.2, 0.25) is 0 Å². The molecule has 4 nitrogen and oxygen atoms in total. The lowest BCUT2D eigenvalue weighted by atomic mass is 10.2. The average molecular weight is 303 g/mol. The predicted molar refractivity (Wildman–Crippen MR) is 72.1 cm³/mol. The van der Waals surface area contributed by atoms with Crippen LogP contribution in [0.3, 0.4) is 0 Å². The fraction of sp³-hybridized carbons (Fsp3) is 0.583. The predicted octanol–water partition coefficient (Wildman–Crippen LogP) is 1.94. The van der Waals surface area contributed by atoms with Gasteiger partial charge in [-0.25, -0.2) is 4.98 Å². The van der Waals surface area contributed by atoms with E-state index < -0.39 is 0 Å². The van der Waals surface area contributed by atoms with Crippen molar-refractivity contribution in [3.05, 3.63) is 22.3 Å². The Hall–Kier alpha value is -0.650. The van der Waals surface area contributed by atoms with Crippen molar-refractivity contribution in [3.8, 4) is 0 Å². The summed E-state index contributed by atoms with van der Waals surface area (Å²) < 4.78 is 0.852. The summed E-state index contributed by atoms with van der Waals surface area (Å²) in [4.78, 5) is 6.34. The van der Waals surface area contributed by atoms with E-state index in [9.17, 15) is 5.11 Å². The third-order valence-corrected chi connectivity index (χ3v) is 2.96. The van der Waals surface area contributed by atoms with Crippen molar-refractivity contribution < 1.29 is 10.2 Å². The number of aromatic nitrogens is 1. The number of unbranched alkanes of at least 4 members (excludes halogenated alkanes) is 1. The molecule has 0 radical (unpaired) electrons. The number of pyridine rings is 1. The van der Waals surface area contributed by atoms with Gasteiger partial charge in [0.15, 0.2) is 0 Å².